The summed E-state index contributed by atoms with van der Waals surface area (Å²) in [5.41, 5.74) is 2.91. The predicted octanol–water partition coefficient (Wildman–Crippen LogP) is 5.99. The number of benzene rings is 4. The van der Waals surface area contributed by atoms with E-state index in [9.17, 15) is 18.0 Å². The molecule has 1 N–H and O–H groups in total. The molecule has 0 saturated heterocycles. The third-order valence-corrected chi connectivity index (χ3v) is 9.30. The largest absolute Gasteiger partial charge is 0.357 e. The van der Waals surface area contributed by atoms with Gasteiger partial charge in [-0.25, -0.2) is 8.42 Å². The van der Waals surface area contributed by atoms with Crippen LogP contribution in [0.1, 0.15) is 16.7 Å². The van der Waals surface area contributed by atoms with Crippen LogP contribution in [-0.4, -0.2) is 44.8 Å². The summed E-state index contributed by atoms with van der Waals surface area (Å²) in [7, 11) is -2.66. The number of nitrogens with one attached hydrogen (secondary N) is 1. The first kappa shape index (κ1) is 31.3. The molecule has 0 aliphatic carbocycles. The Bertz CT molecular complexity index is 1630. The van der Waals surface area contributed by atoms with Gasteiger partial charge < -0.3 is 10.2 Å². The van der Waals surface area contributed by atoms with E-state index in [-0.39, 0.29) is 23.8 Å². The fraction of sp³-hybridized carbons (Fsp3) is 0.188. The zero-order chi connectivity index (χ0) is 30.3. The van der Waals surface area contributed by atoms with Crippen LogP contribution in [0.15, 0.2) is 112 Å². The molecule has 0 bridgehead atoms. The molecule has 0 heterocycles. The van der Waals surface area contributed by atoms with E-state index in [2.05, 4.69) is 21.2 Å². The normalized spacial score (nSPS) is 11.9. The van der Waals surface area contributed by atoms with Crippen molar-refractivity contribution in [3.05, 3.63) is 129 Å². The molecule has 4 aromatic carbocycles. The van der Waals surface area contributed by atoms with Crippen LogP contribution in [0.5, 0.6) is 0 Å². The van der Waals surface area contributed by atoms with Crippen molar-refractivity contribution in [3.63, 3.8) is 0 Å². The topological polar surface area (TPSA) is 86.8 Å². The molecule has 0 aromatic heterocycles. The lowest BCUT2D eigenvalue weighted by atomic mass is 10.0. The zero-order valence-electron chi connectivity index (χ0n) is 23.2. The van der Waals surface area contributed by atoms with Crippen LogP contribution in [-0.2, 0) is 32.6 Å². The Morgan fingerprint density at radius 3 is 2.14 bits per heavy atom. The fourth-order valence-corrected chi connectivity index (χ4v) is 6.51. The van der Waals surface area contributed by atoms with Crippen LogP contribution in [0.2, 0.25) is 5.02 Å². The number of carbonyl (C=O) groups excluding carboxylic acids is 2. The Balaban J connectivity index is 1.78. The second kappa shape index (κ2) is 14.0. The quantitative estimate of drug-likeness (QED) is 0.213. The molecule has 0 saturated carbocycles. The lowest BCUT2D eigenvalue weighted by molar-refractivity contribution is -0.139. The summed E-state index contributed by atoms with van der Waals surface area (Å²) in [6.45, 7) is 1.46. The van der Waals surface area contributed by atoms with Crippen LogP contribution >= 0.6 is 27.5 Å². The maximum Gasteiger partial charge on any atom is 0.264 e. The molecular formula is C32H31BrClN3O4S. The van der Waals surface area contributed by atoms with Gasteiger partial charge in [0.05, 0.1) is 10.6 Å². The van der Waals surface area contributed by atoms with Crippen molar-refractivity contribution in [2.75, 3.05) is 17.9 Å². The molecule has 4 rings (SSSR count). The maximum atomic E-state index is 14.3. The lowest BCUT2D eigenvalue weighted by Crippen LogP contribution is -2.53. The Hall–Kier alpha value is -3.66. The third-order valence-electron chi connectivity index (χ3n) is 6.76. The van der Waals surface area contributed by atoms with Crippen molar-refractivity contribution in [2.24, 2.45) is 0 Å². The van der Waals surface area contributed by atoms with Gasteiger partial charge in [0.1, 0.15) is 12.6 Å². The highest BCUT2D eigenvalue weighted by Gasteiger charge is 2.34. The fourth-order valence-electron chi connectivity index (χ4n) is 4.53. The third kappa shape index (κ3) is 7.79. The first-order valence-electron chi connectivity index (χ1n) is 13.2. The van der Waals surface area contributed by atoms with E-state index in [4.69, 9.17) is 11.6 Å². The average Bonchev–Trinajstić information content (AvgIpc) is 2.98. The van der Waals surface area contributed by atoms with E-state index in [1.54, 1.807) is 24.3 Å². The average molecular weight is 669 g/mol. The van der Waals surface area contributed by atoms with Crippen molar-refractivity contribution in [3.8, 4) is 0 Å². The highest BCUT2D eigenvalue weighted by Crippen LogP contribution is 2.26. The van der Waals surface area contributed by atoms with Gasteiger partial charge in [-0.3, -0.25) is 13.9 Å². The Kier molecular flexibility index (Phi) is 10.4. The molecule has 0 aliphatic rings. The highest BCUT2D eigenvalue weighted by molar-refractivity contribution is 9.10. The van der Waals surface area contributed by atoms with Gasteiger partial charge in [-0.15, -0.1) is 0 Å². The van der Waals surface area contributed by atoms with Crippen LogP contribution in [0.25, 0.3) is 0 Å². The van der Waals surface area contributed by atoms with Crippen molar-refractivity contribution in [1.82, 2.24) is 10.2 Å². The number of hydrogen-bond donors (Lipinski definition) is 1. The first-order valence-corrected chi connectivity index (χ1v) is 15.8. The zero-order valence-corrected chi connectivity index (χ0v) is 26.4. The molecule has 42 heavy (non-hydrogen) atoms. The molecule has 10 heteroatoms. The Labute approximate surface area is 260 Å². The number of aryl methyl sites for hydroxylation is 1. The molecule has 0 spiro atoms. The Morgan fingerprint density at radius 2 is 1.52 bits per heavy atom. The second-order valence-electron chi connectivity index (χ2n) is 9.77. The van der Waals surface area contributed by atoms with Crippen molar-refractivity contribution >= 4 is 55.1 Å². The van der Waals surface area contributed by atoms with Gasteiger partial charge >= 0.3 is 0 Å². The molecule has 2 amide bonds. The standard InChI is InChI=1S/C32H31BrClN3O4S/c1-23-11-15-28(16-12-23)37(42(40,41)29-17-13-27(34)14-18-29)22-31(38)36(21-25-9-6-10-26(33)19-25)30(32(39)35-2)20-24-7-4-3-5-8-24/h3-19,30H,20-22H2,1-2H3,(H,35,39)/t30-/m0/s1. The number of anilines is 1. The lowest BCUT2D eigenvalue weighted by Gasteiger charge is -2.33. The minimum Gasteiger partial charge on any atom is -0.357 e. The van der Waals surface area contributed by atoms with Gasteiger partial charge in [0.15, 0.2) is 0 Å². The summed E-state index contributed by atoms with van der Waals surface area (Å²) < 4.78 is 29.8. The number of sulfonamides is 1. The monoisotopic (exact) mass is 667 g/mol. The molecule has 1 atom stereocenters. The molecule has 0 radical (unpaired) electrons. The second-order valence-corrected chi connectivity index (χ2v) is 13.0. The van der Waals surface area contributed by atoms with Crippen molar-refractivity contribution < 1.29 is 18.0 Å². The van der Waals surface area contributed by atoms with Gasteiger partial charge in [-0.2, -0.15) is 0 Å². The summed E-state index contributed by atoms with van der Waals surface area (Å²) in [5, 5.41) is 3.07. The van der Waals surface area contributed by atoms with Crippen LogP contribution in [0.3, 0.4) is 0 Å². The van der Waals surface area contributed by atoms with Gasteiger partial charge in [0, 0.05) is 29.5 Å². The van der Waals surface area contributed by atoms with Crippen LogP contribution in [0, 0.1) is 6.92 Å². The molecule has 218 valence electrons. The van der Waals surface area contributed by atoms with Crippen LogP contribution in [0.4, 0.5) is 5.69 Å². The number of carbonyl (C=O) groups is 2. The van der Waals surface area contributed by atoms with Gasteiger partial charge in [-0.05, 0) is 66.6 Å². The molecule has 0 unspecified atom stereocenters. The number of likely N-dealkylation sites (N-methyl/N-ethyl adjacent to an activating group) is 1. The van der Waals surface area contributed by atoms with E-state index in [0.717, 1.165) is 25.5 Å². The summed E-state index contributed by atoms with van der Waals surface area (Å²) >= 11 is 9.50. The van der Waals surface area contributed by atoms with E-state index < -0.39 is 28.5 Å². The van der Waals surface area contributed by atoms with E-state index in [1.165, 1.54) is 36.2 Å². The minimum absolute atomic E-state index is 0.00838. The van der Waals surface area contributed by atoms with Gasteiger partial charge in [-0.1, -0.05) is 87.7 Å². The number of nitrogens with zero attached hydrogens (tertiary/aromatic N) is 2. The summed E-state index contributed by atoms with van der Waals surface area (Å²) in [4.78, 5) is 29.0. The van der Waals surface area contributed by atoms with E-state index in [1.807, 2.05) is 61.5 Å². The molecule has 7 nitrogen and oxygen atoms in total. The number of rotatable bonds is 11. The number of hydrogen-bond acceptors (Lipinski definition) is 4. The predicted molar refractivity (Wildman–Crippen MR) is 170 cm³/mol. The smallest absolute Gasteiger partial charge is 0.264 e. The van der Waals surface area contributed by atoms with Crippen molar-refractivity contribution in [2.45, 2.75) is 30.8 Å². The summed E-state index contributed by atoms with van der Waals surface area (Å²) in [6, 6.07) is 28.6. The van der Waals surface area contributed by atoms with Crippen molar-refractivity contribution in [1.29, 1.82) is 0 Å². The first-order chi connectivity index (χ1) is 20.1. The maximum absolute atomic E-state index is 14.3. The molecule has 0 fully saturated rings. The van der Waals surface area contributed by atoms with E-state index >= 15 is 0 Å². The summed E-state index contributed by atoms with van der Waals surface area (Å²) in [6.07, 6.45) is 0.245. The number of amides is 2. The molecular weight excluding hydrogens is 638 g/mol. The number of halogens is 2. The SMILES string of the molecule is CNC(=O)[C@H](Cc1ccccc1)N(Cc1cccc(Br)c1)C(=O)CN(c1ccc(C)cc1)S(=O)(=O)c1ccc(Cl)cc1. The Morgan fingerprint density at radius 1 is 0.881 bits per heavy atom. The van der Waals surface area contributed by atoms with Gasteiger partial charge in [0.25, 0.3) is 10.0 Å². The summed E-state index contributed by atoms with van der Waals surface area (Å²) in [5.74, 6) is -0.887. The highest BCUT2D eigenvalue weighted by atomic mass is 79.9. The minimum atomic E-state index is -4.18. The molecule has 4 aromatic rings. The van der Waals surface area contributed by atoms with Crippen LogP contribution < -0.4 is 9.62 Å². The van der Waals surface area contributed by atoms with Gasteiger partial charge in [0.2, 0.25) is 11.8 Å². The molecule has 0 aliphatic heterocycles. The van der Waals surface area contributed by atoms with E-state index in [0.29, 0.717) is 10.7 Å².